The number of halogens is 1. The molecule has 2 rings (SSSR count). The molecule has 0 aliphatic carbocycles. The summed E-state index contributed by atoms with van der Waals surface area (Å²) >= 11 is 0. The van der Waals surface area contributed by atoms with E-state index < -0.39 is 5.82 Å². The molecule has 0 fully saturated rings. The summed E-state index contributed by atoms with van der Waals surface area (Å²) in [4.78, 5) is 11.8. The van der Waals surface area contributed by atoms with Crippen molar-refractivity contribution in [3.05, 3.63) is 59.9 Å². The summed E-state index contributed by atoms with van der Waals surface area (Å²) in [7, 11) is 0. The van der Waals surface area contributed by atoms with Crippen LogP contribution in [0.1, 0.15) is 5.56 Å². The Bertz CT molecular complexity index is 650. The van der Waals surface area contributed by atoms with Gasteiger partial charge in [0.15, 0.2) is 0 Å². The van der Waals surface area contributed by atoms with Gasteiger partial charge in [-0.15, -0.1) is 0 Å². The van der Waals surface area contributed by atoms with Crippen LogP contribution in [0.4, 0.5) is 15.8 Å². The van der Waals surface area contributed by atoms with E-state index >= 15 is 0 Å². The highest BCUT2D eigenvalue weighted by Gasteiger charge is 2.07. The second kappa shape index (κ2) is 6.34. The predicted molar refractivity (Wildman–Crippen MR) is 74.7 cm³/mol. The van der Waals surface area contributed by atoms with Crippen LogP contribution in [0.15, 0.2) is 48.5 Å². The van der Waals surface area contributed by atoms with E-state index in [1.54, 1.807) is 0 Å². The Kier molecular flexibility index (Phi) is 4.30. The van der Waals surface area contributed by atoms with Gasteiger partial charge in [0.25, 0.3) is 0 Å². The molecular weight excluding hydrogens is 257 g/mol. The Hall–Kier alpha value is -2.87. The molecule has 0 unspecified atom stereocenters. The third-order valence-corrected chi connectivity index (χ3v) is 2.60. The number of benzene rings is 2. The average Bonchev–Trinajstić information content (AvgIpc) is 2.48. The zero-order valence-corrected chi connectivity index (χ0v) is 10.6. The van der Waals surface area contributed by atoms with Crippen molar-refractivity contribution in [3.63, 3.8) is 0 Å². The third kappa shape index (κ3) is 3.56. The van der Waals surface area contributed by atoms with Gasteiger partial charge in [0.2, 0.25) is 5.91 Å². The standard InChI is InChI=1S/C15H12FN3O/c16-12-6-7-14(11(8-12)9-17)19-15(20)10-18-13-4-2-1-3-5-13/h1-8,18H,10H2,(H,19,20). The average molecular weight is 269 g/mol. The molecule has 0 aromatic heterocycles. The van der Waals surface area contributed by atoms with E-state index in [-0.39, 0.29) is 18.0 Å². The molecule has 2 aromatic carbocycles. The van der Waals surface area contributed by atoms with Gasteiger partial charge in [-0.25, -0.2) is 4.39 Å². The molecule has 0 radical (unpaired) electrons. The number of hydrogen-bond donors (Lipinski definition) is 2. The minimum atomic E-state index is -0.512. The first-order chi connectivity index (χ1) is 9.69. The van der Waals surface area contributed by atoms with E-state index in [1.807, 2.05) is 36.4 Å². The Balaban J connectivity index is 1.97. The predicted octanol–water partition coefficient (Wildman–Crippen LogP) is 2.75. The number of carbonyl (C=O) groups excluding carboxylic acids is 1. The summed E-state index contributed by atoms with van der Waals surface area (Å²) in [5.74, 6) is -0.820. The SMILES string of the molecule is N#Cc1cc(F)ccc1NC(=O)CNc1ccccc1. The smallest absolute Gasteiger partial charge is 0.243 e. The van der Waals surface area contributed by atoms with Crippen molar-refractivity contribution in [2.24, 2.45) is 0 Å². The second-order valence-corrected chi connectivity index (χ2v) is 4.07. The Morgan fingerprint density at radius 1 is 1.20 bits per heavy atom. The molecule has 0 aliphatic rings. The fourth-order valence-electron chi connectivity index (χ4n) is 1.65. The van der Waals surface area contributed by atoms with E-state index in [1.165, 1.54) is 12.1 Å². The molecule has 100 valence electrons. The normalized spacial score (nSPS) is 9.60. The monoisotopic (exact) mass is 269 g/mol. The van der Waals surface area contributed by atoms with Gasteiger partial charge in [0, 0.05) is 5.69 Å². The first kappa shape index (κ1) is 13.6. The van der Waals surface area contributed by atoms with Gasteiger partial charge in [0.05, 0.1) is 17.8 Å². The second-order valence-electron chi connectivity index (χ2n) is 4.07. The Morgan fingerprint density at radius 3 is 2.65 bits per heavy atom. The molecule has 2 aromatic rings. The van der Waals surface area contributed by atoms with Gasteiger partial charge < -0.3 is 10.6 Å². The van der Waals surface area contributed by atoms with Crippen molar-refractivity contribution in [1.29, 1.82) is 5.26 Å². The Morgan fingerprint density at radius 2 is 1.95 bits per heavy atom. The van der Waals surface area contributed by atoms with Crippen molar-refractivity contribution < 1.29 is 9.18 Å². The number of nitrogens with zero attached hydrogens (tertiary/aromatic N) is 1. The maximum Gasteiger partial charge on any atom is 0.243 e. The van der Waals surface area contributed by atoms with Crippen LogP contribution in [-0.2, 0) is 4.79 Å². The molecule has 2 N–H and O–H groups in total. The molecule has 0 saturated carbocycles. The van der Waals surface area contributed by atoms with Gasteiger partial charge in [0.1, 0.15) is 11.9 Å². The van der Waals surface area contributed by atoms with Crippen LogP contribution in [0.2, 0.25) is 0 Å². The lowest BCUT2D eigenvalue weighted by atomic mass is 10.2. The molecule has 5 heteroatoms. The number of nitriles is 1. The number of carbonyl (C=O) groups is 1. The van der Waals surface area contributed by atoms with Crippen LogP contribution in [0.25, 0.3) is 0 Å². The minimum absolute atomic E-state index is 0.0618. The summed E-state index contributed by atoms with van der Waals surface area (Å²) in [5.41, 5.74) is 1.22. The van der Waals surface area contributed by atoms with Crippen LogP contribution in [-0.4, -0.2) is 12.5 Å². The molecule has 0 bridgehead atoms. The van der Waals surface area contributed by atoms with Crippen molar-refractivity contribution in [3.8, 4) is 6.07 Å². The topological polar surface area (TPSA) is 64.9 Å². The summed E-state index contributed by atoms with van der Waals surface area (Å²) < 4.78 is 13.0. The quantitative estimate of drug-likeness (QED) is 0.897. The fourth-order valence-corrected chi connectivity index (χ4v) is 1.65. The van der Waals surface area contributed by atoms with Crippen molar-refractivity contribution >= 4 is 17.3 Å². The number of amides is 1. The summed E-state index contributed by atoms with van der Waals surface area (Å²) in [6, 6.07) is 14.8. The lowest BCUT2D eigenvalue weighted by molar-refractivity contribution is -0.114. The van der Waals surface area contributed by atoms with Crippen molar-refractivity contribution in [2.75, 3.05) is 17.2 Å². The van der Waals surface area contributed by atoms with Crippen LogP contribution in [0.3, 0.4) is 0 Å². The molecule has 0 heterocycles. The highest BCUT2D eigenvalue weighted by molar-refractivity contribution is 5.94. The molecule has 0 spiro atoms. The van der Waals surface area contributed by atoms with E-state index in [9.17, 15) is 9.18 Å². The lowest BCUT2D eigenvalue weighted by Gasteiger charge is -2.08. The fraction of sp³-hybridized carbons (Fsp3) is 0.0667. The van der Waals surface area contributed by atoms with Gasteiger partial charge in [-0.3, -0.25) is 4.79 Å². The van der Waals surface area contributed by atoms with Crippen LogP contribution in [0.5, 0.6) is 0 Å². The maximum atomic E-state index is 13.0. The summed E-state index contributed by atoms with van der Waals surface area (Å²) in [5, 5.41) is 14.4. The Labute approximate surface area is 115 Å². The molecule has 4 nitrogen and oxygen atoms in total. The van der Waals surface area contributed by atoms with Gasteiger partial charge in [-0.05, 0) is 30.3 Å². The zero-order valence-electron chi connectivity index (χ0n) is 10.6. The molecule has 0 saturated heterocycles. The van der Waals surface area contributed by atoms with Crippen molar-refractivity contribution in [1.82, 2.24) is 0 Å². The first-order valence-corrected chi connectivity index (χ1v) is 5.97. The molecule has 20 heavy (non-hydrogen) atoms. The first-order valence-electron chi connectivity index (χ1n) is 5.97. The number of anilines is 2. The third-order valence-electron chi connectivity index (χ3n) is 2.60. The highest BCUT2D eigenvalue weighted by atomic mass is 19.1. The lowest BCUT2D eigenvalue weighted by Crippen LogP contribution is -2.22. The number of para-hydroxylation sites is 1. The zero-order chi connectivity index (χ0) is 14.4. The van der Waals surface area contributed by atoms with E-state index in [0.29, 0.717) is 5.69 Å². The van der Waals surface area contributed by atoms with E-state index in [2.05, 4.69) is 10.6 Å². The van der Waals surface area contributed by atoms with Gasteiger partial charge in [-0.1, -0.05) is 18.2 Å². The van der Waals surface area contributed by atoms with Gasteiger partial charge >= 0.3 is 0 Å². The molecule has 0 aliphatic heterocycles. The highest BCUT2D eigenvalue weighted by Crippen LogP contribution is 2.15. The van der Waals surface area contributed by atoms with Gasteiger partial charge in [-0.2, -0.15) is 5.26 Å². The number of nitrogens with one attached hydrogen (secondary N) is 2. The summed E-state index contributed by atoms with van der Waals surface area (Å²) in [6.45, 7) is 0.0618. The van der Waals surface area contributed by atoms with E-state index in [4.69, 9.17) is 5.26 Å². The van der Waals surface area contributed by atoms with Crippen LogP contribution >= 0.6 is 0 Å². The molecule has 0 atom stereocenters. The largest absolute Gasteiger partial charge is 0.376 e. The number of rotatable bonds is 4. The molecule has 1 amide bonds. The van der Waals surface area contributed by atoms with Crippen LogP contribution < -0.4 is 10.6 Å². The summed E-state index contributed by atoms with van der Waals surface area (Å²) in [6.07, 6.45) is 0. The van der Waals surface area contributed by atoms with Crippen LogP contribution in [0, 0.1) is 17.1 Å². The van der Waals surface area contributed by atoms with E-state index in [0.717, 1.165) is 11.8 Å². The van der Waals surface area contributed by atoms with Crippen molar-refractivity contribution in [2.45, 2.75) is 0 Å². The maximum absolute atomic E-state index is 13.0. The minimum Gasteiger partial charge on any atom is -0.376 e. The number of hydrogen-bond acceptors (Lipinski definition) is 3. The molecular formula is C15H12FN3O.